The van der Waals surface area contributed by atoms with Crippen LogP contribution in [0.5, 0.6) is 5.75 Å². The van der Waals surface area contributed by atoms with Crippen molar-refractivity contribution in [2.24, 2.45) is 0 Å². The van der Waals surface area contributed by atoms with Crippen molar-refractivity contribution >= 4 is 39.1 Å². The van der Waals surface area contributed by atoms with Crippen LogP contribution >= 0.6 is 11.6 Å². The van der Waals surface area contributed by atoms with Crippen LogP contribution in [0.2, 0.25) is 5.02 Å². The molecule has 0 heterocycles. The number of carbonyl (C=O) groups is 2. The Bertz CT molecular complexity index is 1400. The number of hydrogen-bond acceptors (Lipinski definition) is 5. The minimum atomic E-state index is -4.29. The molecule has 0 aliphatic carbocycles. The molecule has 0 saturated carbocycles. The molecule has 0 spiro atoms. The van der Waals surface area contributed by atoms with E-state index in [1.165, 1.54) is 41.3 Å². The maximum Gasteiger partial charge on any atom is 0.264 e. The summed E-state index contributed by atoms with van der Waals surface area (Å²) in [6, 6.07) is 16.6. The molecule has 0 aliphatic rings. The van der Waals surface area contributed by atoms with Crippen molar-refractivity contribution in [2.75, 3.05) is 24.0 Å². The number of likely N-dealkylation sites (N-methyl/N-ethyl adjacent to an activating group) is 1. The van der Waals surface area contributed by atoms with Crippen molar-refractivity contribution in [2.45, 2.75) is 44.7 Å². The molecule has 0 unspecified atom stereocenters. The summed E-state index contributed by atoms with van der Waals surface area (Å²) in [6.45, 7) is 5.46. The highest BCUT2D eigenvalue weighted by atomic mass is 35.5. The van der Waals surface area contributed by atoms with E-state index in [0.29, 0.717) is 29.5 Å². The normalized spacial score (nSPS) is 11.9. The van der Waals surface area contributed by atoms with Gasteiger partial charge in [-0.1, -0.05) is 36.7 Å². The maximum absolute atomic E-state index is 13.9. The first-order valence-corrected chi connectivity index (χ1v) is 14.8. The number of nitrogens with zero attached hydrogens (tertiary/aromatic N) is 2. The first-order valence-electron chi connectivity index (χ1n) is 12.9. The Hall–Kier alpha value is -3.63. The third kappa shape index (κ3) is 7.51. The van der Waals surface area contributed by atoms with Crippen LogP contribution in [0.3, 0.4) is 0 Å². The van der Waals surface area contributed by atoms with Gasteiger partial charge in [-0.05, 0) is 80.4 Å². The second kappa shape index (κ2) is 14.1. The predicted molar refractivity (Wildman–Crippen MR) is 153 cm³/mol. The van der Waals surface area contributed by atoms with E-state index in [0.717, 1.165) is 16.4 Å². The highest BCUT2D eigenvalue weighted by Crippen LogP contribution is 2.27. The smallest absolute Gasteiger partial charge is 0.264 e. The Balaban J connectivity index is 2.05. The second-order valence-electron chi connectivity index (χ2n) is 8.82. The van der Waals surface area contributed by atoms with Crippen LogP contribution in [-0.2, 0) is 26.2 Å². The number of amides is 2. The number of carbonyl (C=O) groups excluding carboxylic acids is 2. The van der Waals surface area contributed by atoms with Gasteiger partial charge in [-0.2, -0.15) is 0 Å². The first-order chi connectivity index (χ1) is 19.1. The van der Waals surface area contributed by atoms with Gasteiger partial charge < -0.3 is 15.0 Å². The Labute approximate surface area is 239 Å². The van der Waals surface area contributed by atoms with Crippen molar-refractivity contribution in [1.29, 1.82) is 0 Å². The van der Waals surface area contributed by atoms with Gasteiger partial charge in [0.1, 0.15) is 24.2 Å². The summed E-state index contributed by atoms with van der Waals surface area (Å²) in [5.41, 5.74) is 0.690. The van der Waals surface area contributed by atoms with E-state index in [-0.39, 0.29) is 29.5 Å². The summed E-state index contributed by atoms with van der Waals surface area (Å²) in [5.74, 6) is -1.06. The zero-order chi connectivity index (χ0) is 29.3. The summed E-state index contributed by atoms with van der Waals surface area (Å²) in [4.78, 5) is 28.2. The molecule has 3 rings (SSSR count). The predicted octanol–water partition coefficient (Wildman–Crippen LogP) is 5.02. The van der Waals surface area contributed by atoms with E-state index in [2.05, 4.69) is 5.32 Å². The van der Waals surface area contributed by atoms with Gasteiger partial charge in [0, 0.05) is 18.1 Å². The lowest BCUT2D eigenvalue weighted by molar-refractivity contribution is -0.140. The molecule has 1 atom stereocenters. The van der Waals surface area contributed by atoms with Crippen LogP contribution in [0, 0.1) is 5.82 Å². The average molecular weight is 590 g/mol. The van der Waals surface area contributed by atoms with Gasteiger partial charge in [0.2, 0.25) is 11.8 Å². The molecule has 0 bridgehead atoms. The Kier molecular flexibility index (Phi) is 10.9. The third-order valence-electron chi connectivity index (χ3n) is 6.15. The first kappa shape index (κ1) is 30.9. The van der Waals surface area contributed by atoms with Crippen LogP contribution in [0.15, 0.2) is 77.7 Å². The number of anilines is 1. The van der Waals surface area contributed by atoms with Crippen molar-refractivity contribution in [1.82, 2.24) is 10.2 Å². The van der Waals surface area contributed by atoms with Crippen LogP contribution < -0.4 is 14.4 Å². The lowest BCUT2D eigenvalue weighted by Crippen LogP contribution is -2.52. The van der Waals surface area contributed by atoms with E-state index in [4.69, 9.17) is 16.3 Å². The summed E-state index contributed by atoms with van der Waals surface area (Å²) < 4.78 is 47.8. The molecule has 3 aromatic carbocycles. The lowest BCUT2D eigenvalue weighted by atomic mass is 10.1. The molecule has 1 N–H and O–H groups in total. The molecule has 214 valence electrons. The fourth-order valence-corrected chi connectivity index (χ4v) is 5.77. The Morgan fingerprint density at radius 2 is 1.62 bits per heavy atom. The third-order valence-corrected chi connectivity index (χ3v) is 8.31. The number of rotatable bonds is 13. The van der Waals surface area contributed by atoms with Gasteiger partial charge in [-0.25, -0.2) is 12.8 Å². The number of ether oxygens (including phenoxy) is 1. The van der Waals surface area contributed by atoms with Crippen LogP contribution in [-0.4, -0.2) is 50.9 Å². The standard InChI is InChI=1S/C29H33ClFN3O5S/c1-4-27(29(36)32-5-2)33(19-21-9-7-8-10-26(21)30)28(35)20-34(23-13-11-22(31)12-14-23)40(37,38)25-17-15-24(16-18-25)39-6-3/h7-18,27H,4-6,19-20H2,1-3H3,(H,32,36)/t27-/m1/s1. The highest BCUT2D eigenvalue weighted by Gasteiger charge is 2.33. The minimum Gasteiger partial charge on any atom is -0.494 e. The van der Waals surface area contributed by atoms with E-state index in [1.807, 2.05) is 6.92 Å². The van der Waals surface area contributed by atoms with Crippen molar-refractivity contribution in [3.8, 4) is 5.75 Å². The average Bonchev–Trinajstić information content (AvgIpc) is 2.93. The molecule has 40 heavy (non-hydrogen) atoms. The van der Waals surface area contributed by atoms with Crippen molar-refractivity contribution in [3.63, 3.8) is 0 Å². The highest BCUT2D eigenvalue weighted by molar-refractivity contribution is 7.92. The number of hydrogen-bond donors (Lipinski definition) is 1. The quantitative estimate of drug-likeness (QED) is 0.302. The van der Waals surface area contributed by atoms with Crippen molar-refractivity contribution in [3.05, 3.63) is 89.2 Å². The van der Waals surface area contributed by atoms with Gasteiger partial charge in [0.15, 0.2) is 0 Å². The molecular formula is C29H33ClFN3O5S. The van der Waals surface area contributed by atoms with Gasteiger partial charge in [0.25, 0.3) is 10.0 Å². The zero-order valence-electron chi connectivity index (χ0n) is 22.6. The van der Waals surface area contributed by atoms with Crippen molar-refractivity contribution < 1.29 is 27.1 Å². The topological polar surface area (TPSA) is 96.0 Å². The summed E-state index contributed by atoms with van der Waals surface area (Å²) in [5, 5.41) is 3.15. The number of sulfonamides is 1. The number of halogens is 2. The number of benzene rings is 3. The van der Waals surface area contributed by atoms with Gasteiger partial charge in [-0.3, -0.25) is 13.9 Å². The van der Waals surface area contributed by atoms with E-state index < -0.39 is 34.3 Å². The van der Waals surface area contributed by atoms with Gasteiger partial charge in [-0.15, -0.1) is 0 Å². The molecule has 8 nitrogen and oxygen atoms in total. The monoisotopic (exact) mass is 589 g/mol. The largest absolute Gasteiger partial charge is 0.494 e. The Morgan fingerprint density at radius 1 is 0.975 bits per heavy atom. The summed E-state index contributed by atoms with van der Waals surface area (Å²) >= 11 is 6.38. The molecule has 0 aliphatic heterocycles. The summed E-state index contributed by atoms with van der Waals surface area (Å²) in [6.07, 6.45) is 0.282. The molecule has 0 saturated heterocycles. The van der Waals surface area contributed by atoms with E-state index in [9.17, 15) is 22.4 Å². The molecular weight excluding hydrogens is 557 g/mol. The van der Waals surface area contributed by atoms with Crippen LogP contribution in [0.1, 0.15) is 32.8 Å². The fourth-order valence-electron chi connectivity index (χ4n) is 4.16. The minimum absolute atomic E-state index is 0.0193. The Morgan fingerprint density at radius 3 is 2.20 bits per heavy atom. The molecule has 11 heteroatoms. The van der Waals surface area contributed by atoms with Gasteiger partial charge >= 0.3 is 0 Å². The summed E-state index contributed by atoms with van der Waals surface area (Å²) in [7, 11) is -4.29. The maximum atomic E-state index is 13.9. The molecule has 3 aromatic rings. The lowest BCUT2D eigenvalue weighted by Gasteiger charge is -2.33. The van der Waals surface area contributed by atoms with Crippen LogP contribution in [0.4, 0.5) is 10.1 Å². The second-order valence-corrected chi connectivity index (χ2v) is 11.1. The van der Waals surface area contributed by atoms with E-state index >= 15 is 0 Å². The van der Waals surface area contributed by atoms with Crippen LogP contribution in [0.25, 0.3) is 0 Å². The zero-order valence-corrected chi connectivity index (χ0v) is 24.2. The SMILES string of the molecule is CCNC(=O)[C@@H](CC)N(Cc1ccccc1Cl)C(=O)CN(c1ccc(F)cc1)S(=O)(=O)c1ccc(OCC)cc1. The molecule has 0 radical (unpaired) electrons. The fraction of sp³-hybridized carbons (Fsp3) is 0.310. The molecule has 0 aromatic heterocycles. The molecule has 0 fully saturated rings. The molecule has 2 amide bonds. The number of nitrogens with one attached hydrogen (secondary N) is 1. The van der Waals surface area contributed by atoms with Gasteiger partial charge in [0.05, 0.1) is 17.2 Å². The van der Waals surface area contributed by atoms with E-state index in [1.54, 1.807) is 38.1 Å².